The second kappa shape index (κ2) is 5.50. The Kier molecular flexibility index (Phi) is 3.78. The zero-order valence-corrected chi connectivity index (χ0v) is 10.5. The monoisotopic (exact) mass is 264 g/mol. The molecule has 18 heavy (non-hydrogen) atoms. The highest BCUT2D eigenvalue weighted by molar-refractivity contribution is 7.14. The Morgan fingerprint density at radius 3 is 3.11 bits per heavy atom. The van der Waals surface area contributed by atoms with E-state index in [1.165, 1.54) is 16.8 Å². The predicted octanol–water partition coefficient (Wildman–Crippen LogP) is 2.98. The zero-order chi connectivity index (χ0) is 13.0. The first-order chi connectivity index (χ1) is 8.70. The third-order valence-corrected chi connectivity index (χ3v) is 2.91. The Bertz CT molecular complexity index is 554. The fraction of sp³-hybridized carbons (Fsp3) is 0.167. The summed E-state index contributed by atoms with van der Waals surface area (Å²) in [6, 6.07) is 7.34. The van der Waals surface area contributed by atoms with E-state index in [2.05, 4.69) is 10.3 Å². The zero-order valence-electron chi connectivity index (χ0n) is 9.71. The molecule has 0 fully saturated rings. The minimum absolute atomic E-state index is 0.0295. The molecule has 5 nitrogen and oxygen atoms in total. The number of benzene rings is 1. The second-order valence-corrected chi connectivity index (χ2v) is 4.28. The van der Waals surface area contributed by atoms with Gasteiger partial charge < -0.3 is 15.2 Å². The molecule has 1 aromatic heterocycles. The first-order valence-electron chi connectivity index (χ1n) is 5.37. The van der Waals surface area contributed by atoms with Crippen LogP contribution in [0.25, 0.3) is 0 Å². The van der Waals surface area contributed by atoms with Crippen molar-refractivity contribution in [3.63, 3.8) is 0 Å². The lowest BCUT2D eigenvalue weighted by Crippen LogP contribution is -2.01. The van der Waals surface area contributed by atoms with Crippen molar-refractivity contribution in [2.24, 2.45) is 0 Å². The Morgan fingerprint density at radius 1 is 1.56 bits per heavy atom. The molecule has 2 rings (SSSR count). The van der Waals surface area contributed by atoms with Crippen LogP contribution in [0.5, 0.6) is 5.75 Å². The van der Waals surface area contributed by atoms with Gasteiger partial charge in [0.05, 0.1) is 12.1 Å². The number of aromatic nitrogens is 1. The molecule has 94 valence electrons. The van der Waals surface area contributed by atoms with E-state index in [0.29, 0.717) is 11.6 Å². The summed E-state index contributed by atoms with van der Waals surface area (Å²) in [4.78, 5) is 14.7. The van der Waals surface area contributed by atoms with E-state index in [1.54, 1.807) is 0 Å². The van der Waals surface area contributed by atoms with E-state index in [1.807, 2.05) is 31.2 Å². The minimum Gasteiger partial charge on any atom is -0.494 e. The summed E-state index contributed by atoms with van der Waals surface area (Å²) in [6.45, 7) is 2.50. The van der Waals surface area contributed by atoms with Crippen LogP contribution in [0.15, 0.2) is 29.8 Å². The van der Waals surface area contributed by atoms with Crippen LogP contribution in [0.1, 0.15) is 17.4 Å². The molecule has 0 aliphatic rings. The summed E-state index contributed by atoms with van der Waals surface area (Å²) in [6.07, 6.45) is 0. The molecule has 0 atom stereocenters. The largest absolute Gasteiger partial charge is 0.494 e. The number of ether oxygens (including phenoxy) is 1. The van der Waals surface area contributed by atoms with Crippen molar-refractivity contribution < 1.29 is 14.6 Å². The van der Waals surface area contributed by atoms with Crippen LogP contribution in [-0.2, 0) is 0 Å². The highest BCUT2D eigenvalue weighted by atomic mass is 32.1. The number of aromatic carboxylic acids is 1. The van der Waals surface area contributed by atoms with Crippen LogP contribution in [-0.4, -0.2) is 22.7 Å². The Labute approximate surface area is 108 Å². The topological polar surface area (TPSA) is 71.5 Å². The summed E-state index contributed by atoms with van der Waals surface area (Å²) in [7, 11) is 0. The van der Waals surface area contributed by atoms with Crippen molar-refractivity contribution >= 4 is 28.0 Å². The van der Waals surface area contributed by atoms with Gasteiger partial charge in [0.25, 0.3) is 0 Å². The van der Waals surface area contributed by atoms with Gasteiger partial charge in [-0.05, 0) is 19.1 Å². The average molecular weight is 264 g/mol. The third-order valence-electron chi connectivity index (χ3n) is 2.17. The number of nitrogens with one attached hydrogen (secondary N) is 1. The predicted molar refractivity (Wildman–Crippen MR) is 70.0 cm³/mol. The molecule has 2 N–H and O–H groups in total. The Morgan fingerprint density at radius 2 is 2.39 bits per heavy atom. The van der Waals surface area contributed by atoms with Gasteiger partial charge >= 0.3 is 5.97 Å². The number of carboxylic acids is 1. The maximum absolute atomic E-state index is 10.9. The van der Waals surface area contributed by atoms with E-state index >= 15 is 0 Å². The summed E-state index contributed by atoms with van der Waals surface area (Å²) in [5.41, 5.74) is 2.30. The fourth-order valence-corrected chi connectivity index (χ4v) is 2.14. The number of rotatable bonds is 5. The minimum atomic E-state index is -1.04. The molecule has 0 unspecified atom stereocenters. The maximum Gasteiger partial charge on any atom is 0.357 e. The molecule has 2 aromatic rings. The van der Waals surface area contributed by atoms with Crippen molar-refractivity contribution in [1.82, 2.24) is 4.98 Å². The molecule has 0 saturated heterocycles. The lowest BCUT2D eigenvalue weighted by Gasteiger charge is -2.07. The van der Waals surface area contributed by atoms with E-state index in [-0.39, 0.29) is 5.69 Å². The summed E-state index contributed by atoms with van der Waals surface area (Å²) in [5, 5.41) is 12.5. The van der Waals surface area contributed by atoms with Gasteiger partial charge in [-0.3, -0.25) is 0 Å². The number of hydrogen-bond acceptors (Lipinski definition) is 5. The quantitative estimate of drug-likeness (QED) is 0.868. The van der Waals surface area contributed by atoms with Crippen molar-refractivity contribution in [2.45, 2.75) is 6.92 Å². The number of carbonyl (C=O) groups is 1. The van der Waals surface area contributed by atoms with E-state index in [9.17, 15) is 4.79 Å². The molecule has 0 amide bonds. The number of carboxylic acid groups (broad SMARTS) is 1. The number of nitrogens with zero attached hydrogens (tertiary/aromatic N) is 1. The average Bonchev–Trinajstić information content (AvgIpc) is 2.78. The molecule has 6 heteroatoms. The van der Waals surface area contributed by atoms with E-state index in [4.69, 9.17) is 9.84 Å². The SMILES string of the molecule is CCOc1cccc(Nc2scnc2C(=O)O)c1. The smallest absolute Gasteiger partial charge is 0.357 e. The van der Waals surface area contributed by atoms with Crippen molar-refractivity contribution in [3.05, 3.63) is 35.5 Å². The number of anilines is 2. The second-order valence-electron chi connectivity index (χ2n) is 3.42. The van der Waals surface area contributed by atoms with Gasteiger partial charge in [-0.2, -0.15) is 0 Å². The molecular formula is C12H12N2O3S. The van der Waals surface area contributed by atoms with E-state index in [0.717, 1.165) is 11.4 Å². The van der Waals surface area contributed by atoms with Gasteiger partial charge in [0.2, 0.25) is 0 Å². The fourth-order valence-electron chi connectivity index (χ4n) is 1.45. The molecule has 0 spiro atoms. The molecule has 0 aliphatic carbocycles. The number of thiazole rings is 1. The van der Waals surface area contributed by atoms with Gasteiger partial charge in [0.1, 0.15) is 10.8 Å². The van der Waals surface area contributed by atoms with Crippen LogP contribution in [0, 0.1) is 0 Å². The Hall–Kier alpha value is -2.08. The Balaban J connectivity index is 2.20. The third kappa shape index (κ3) is 2.78. The van der Waals surface area contributed by atoms with Gasteiger partial charge in [-0.15, -0.1) is 11.3 Å². The summed E-state index contributed by atoms with van der Waals surface area (Å²) in [5.74, 6) is -0.302. The normalized spacial score (nSPS) is 10.1. The molecule has 0 saturated carbocycles. The highest BCUT2D eigenvalue weighted by Gasteiger charge is 2.13. The molecule has 1 aromatic carbocycles. The lowest BCUT2D eigenvalue weighted by molar-refractivity contribution is 0.0692. The van der Waals surface area contributed by atoms with Crippen LogP contribution >= 0.6 is 11.3 Å². The van der Waals surface area contributed by atoms with Gasteiger partial charge in [-0.25, -0.2) is 9.78 Å². The van der Waals surface area contributed by atoms with Crippen molar-refractivity contribution in [2.75, 3.05) is 11.9 Å². The maximum atomic E-state index is 10.9. The van der Waals surface area contributed by atoms with Crippen molar-refractivity contribution in [1.29, 1.82) is 0 Å². The first-order valence-corrected chi connectivity index (χ1v) is 6.25. The van der Waals surface area contributed by atoms with Gasteiger partial charge in [0.15, 0.2) is 5.69 Å². The number of hydrogen-bond donors (Lipinski definition) is 2. The van der Waals surface area contributed by atoms with Crippen LogP contribution in [0.3, 0.4) is 0 Å². The molecule has 0 aliphatic heterocycles. The van der Waals surface area contributed by atoms with Crippen LogP contribution < -0.4 is 10.1 Å². The summed E-state index contributed by atoms with van der Waals surface area (Å²) >= 11 is 1.25. The van der Waals surface area contributed by atoms with Crippen LogP contribution in [0.4, 0.5) is 10.7 Å². The highest BCUT2D eigenvalue weighted by Crippen LogP contribution is 2.26. The first kappa shape index (κ1) is 12.4. The lowest BCUT2D eigenvalue weighted by atomic mass is 10.3. The molecule has 0 radical (unpaired) electrons. The van der Waals surface area contributed by atoms with Crippen molar-refractivity contribution in [3.8, 4) is 5.75 Å². The molecule has 0 bridgehead atoms. The van der Waals surface area contributed by atoms with E-state index < -0.39 is 5.97 Å². The van der Waals surface area contributed by atoms with Gasteiger partial charge in [-0.1, -0.05) is 6.07 Å². The standard InChI is InChI=1S/C12H12N2O3S/c1-2-17-9-5-3-4-8(6-9)14-11-10(12(15)16)13-7-18-11/h3-7,14H,2H2,1H3,(H,15,16). The summed E-state index contributed by atoms with van der Waals surface area (Å²) < 4.78 is 5.37. The molecule has 1 heterocycles. The molecular weight excluding hydrogens is 252 g/mol. The van der Waals surface area contributed by atoms with Crippen LogP contribution in [0.2, 0.25) is 0 Å². The van der Waals surface area contributed by atoms with Gasteiger partial charge in [0, 0.05) is 11.8 Å².